The maximum absolute atomic E-state index is 9.51. The minimum absolute atomic E-state index is 0.111. The zero-order chi connectivity index (χ0) is 13.3. The largest absolute Gasteiger partial charge is 0.508 e. The van der Waals surface area contributed by atoms with E-state index in [1.54, 1.807) is 17.4 Å². The van der Waals surface area contributed by atoms with E-state index >= 15 is 0 Å². The van der Waals surface area contributed by atoms with E-state index in [0.717, 1.165) is 22.7 Å². The van der Waals surface area contributed by atoms with Gasteiger partial charge >= 0.3 is 0 Å². The van der Waals surface area contributed by atoms with Crippen LogP contribution in [0.15, 0.2) is 23.6 Å². The number of phenolic OH excluding ortho intramolecular Hbond substituents is 1. The fraction of sp³-hybridized carbons (Fsp3) is 0.400. The van der Waals surface area contributed by atoms with E-state index in [1.807, 2.05) is 19.1 Å². The smallest absolute Gasteiger partial charge is 0.118 e. The van der Waals surface area contributed by atoms with Crippen molar-refractivity contribution in [3.8, 4) is 5.75 Å². The predicted molar refractivity (Wildman–Crippen MR) is 76.5 cm³/mol. The van der Waals surface area contributed by atoms with Gasteiger partial charge in [0.2, 0.25) is 0 Å². The summed E-state index contributed by atoms with van der Waals surface area (Å²) in [5.41, 5.74) is 3.37. The van der Waals surface area contributed by atoms with Gasteiger partial charge in [-0.1, -0.05) is 32.9 Å². The molecule has 0 saturated heterocycles. The highest BCUT2D eigenvalue weighted by molar-refractivity contribution is 7.09. The Labute approximate surface area is 112 Å². The maximum Gasteiger partial charge on any atom is 0.118 e. The van der Waals surface area contributed by atoms with Gasteiger partial charge in [-0.2, -0.15) is 0 Å². The summed E-state index contributed by atoms with van der Waals surface area (Å²) in [6.07, 6.45) is 0.835. The highest BCUT2D eigenvalue weighted by Crippen LogP contribution is 2.26. The third-order valence-corrected chi connectivity index (χ3v) is 3.79. The third-order valence-electron chi connectivity index (χ3n) is 2.94. The van der Waals surface area contributed by atoms with Crippen molar-refractivity contribution in [2.24, 2.45) is 0 Å². The second-order valence-electron chi connectivity index (χ2n) is 5.67. The molecule has 0 radical (unpaired) electrons. The van der Waals surface area contributed by atoms with Gasteiger partial charge in [0.25, 0.3) is 0 Å². The van der Waals surface area contributed by atoms with Crippen molar-refractivity contribution in [1.82, 2.24) is 4.98 Å². The molecule has 0 atom stereocenters. The van der Waals surface area contributed by atoms with Crippen LogP contribution >= 0.6 is 11.3 Å². The van der Waals surface area contributed by atoms with Crippen LogP contribution in [0.5, 0.6) is 5.75 Å². The Morgan fingerprint density at radius 1 is 1.28 bits per heavy atom. The number of benzene rings is 1. The van der Waals surface area contributed by atoms with Gasteiger partial charge in [0.1, 0.15) is 5.75 Å². The van der Waals surface area contributed by atoms with Gasteiger partial charge in [-0.25, -0.2) is 4.98 Å². The number of rotatable bonds is 2. The monoisotopic (exact) mass is 261 g/mol. The summed E-state index contributed by atoms with van der Waals surface area (Å²) < 4.78 is 0. The number of hydrogen-bond donors (Lipinski definition) is 1. The standard InChI is InChI=1S/C15H19NOS/c1-10-7-11(5-6-12(10)17)8-14-16-13(9-18-14)15(2,3)4/h5-7,9,17H,8H2,1-4H3. The van der Waals surface area contributed by atoms with E-state index < -0.39 is 0 Å². The Kier molecular flexibility index (Phi) is 3.44. The lowest BCUT2D eigenvalue weighted by Gasteiger charge is -2.14. The Hall–Kier alpha value is -1.35. The molecule has 0 bridgehead atoms. The maximum atomic E-state index is 9.51. The molecule has 1 N–H and O–H groups in total. The lowest BCUT2D eigenvalue weighted by atomic mass is 9.93. The summed E-state index contributed by atoms with van der Waals surface area (Å²) in [6.45, 7) is 8.45. The minimum Gasteiger partial charge on any atom is -0.508 e. The van der Waals surface area contributed by atoms with Crippen molar-refractivity contribution >= 4 is 11.3 Å². The number of phenols is 1. The second kappa shape index (κ2) is 4.73. The lowest BCUT2D eigenvalue weighted by Crippen LogP contribution is -2.11. The molecule has 0 amide bonds. The SMILES string of the molecule is Cc1cc(Cc2nc(C(C)(C)C)cs2)ccc1O. The van der Waals surface area contributed by atoms with Crippen molar-refractivity contribution in [1.29, 1.82) is 0 Å². The lowest BCUT2D eigenvalue weighted by molar-refractivity contribution is 0.471. The average Bonchev–Trinajstić information content (AvgIpc) is 2.72. The predicted octanol–water partition coefficient (Wildman–Crippen LogP) is 4.05. The van der Waals surface area contributed by atoms with Gasteiger partial charge in [0, 0.05) is 17.2 Å². The van der Waals surface area contributed by atoms with Crippen molar-refractivity contribution < 1.29 is 5.11 Å². The van der Waals surface area contributed by atoms with Gasteiger partial charge in [-0.05, 0) is 24.1 Å². The van der Waals surface area contributed by atoms with Crippen LogP contribution in [0.2, 0.25) is 0 Å². The third kappa shape index (κ3) is 2.91. The summed E-state index contributed by atoms with van der Waals surface area (Å²) in [5, 5.41) is 12.8. The molecule has 0 unspecified atom stereocenters. The molecule has 0 spiro atoms. The average molecular weight is 261 g/mol. The minimum atomic E-state index is 0.111. The van der Waals surface area contributed by atoms with Crippen LogP contribution in [0.3, 0.4) is 0 Å². The molecule has 0 aliphatic rings. The van der Waals surface area contributed by atoms with Gasteiger partial charge in [0.05, 0.1) is 10.7 Å². The highest BCUT2D eigenvalue weighted by atomic mass is 32.1. The van der Waals surface area contributed by atoms with Crippen LogP contribution in [0.4, 0.5) is 0 Å². The Morgan fingerprint density at radius 3 is 2.56 bits per heavy atom. The van der Waals surface area contributed by atoms with Crippen LogP contribution in [-0.4, -0.2) is 10.1 Å². The first-order chi connectivity index (χ1) is 8.36. The number of aryl methyl sites for hydroxylation is 1. The van der Waals surface area contributed by atoms with Gasteiger partial charge in [0.15, 0.2) is 0 Å². The first-order valence-corrected chi connectivity index (χ1v) is 6.97. The summed E-state index contributed by atoms with van der Waals surface area (Å²) in [5.74, 6) is 0.355. The fourth-order valence-electron chi connectivity index (χ4n) is 1.74. The van der Waals surface area contributed by atoms with Crippen LogP contribution in [0.1, 0.15) is 42.6 Å². The summed E-state index contributed by atoms with van der Waals surface area (Å²) >= 11 is 1.71. The fourth-order valence-corrected chi connectivity index (χ4v) is 2.79. The van der Waals surface area contributed by atoms with Crippen molar-refractivity contribution in [3.63, 3.8) is 0 Å². The van der Waals surface area contributed by atoms with Gasteiger partial charge < -0.3 is 5.11 Å². The molecule has 0 aliphatic carbocycles. The zero-order valence-corrected chi connectivity index (χ0v) is 12.1. The Morgan fingerprint density at radius 2 is 2.00 bits per heavy atom. The Balaban J connectivity index is 2.19. The van der Waals surface area contributed by atoms with Gasteiger partial charge in [-0.15, -0.1) is 11.3 Å². The van der Waals surface area contributed by atoms with E-state index in [-0.39, 0.29) is 5.41 Å². The van der Waals surface area contributed by atoms with Crippen molar-refractivity contribution in [3.05, 3.63) is 45.4 Å². The van der Waals surface area contributed by atoms with E-state index in [0.29, 0.717) is 5.75 Å². The van der Waals surface area contributed by atoms with Crippen LogP contribution in [-0.2, 0) is 11.8 Å². The van der Waals surface area contributed by atoms with Crippen LogP contribution in [0, 0.1) is 6.92 Å². The molecule has 2 nitrogen and oxygen atoms in total. The highest BCUT2D eigenvalue weighted by Gasteiger charge is 2.17. The molecular formula is C15H19NOS. The first-order valence-electron chi connectivity index (χ1n) is 6.09. The van der Waals surface area contributed by atoms with Crippen molar-refractivity contribution in [2.45, 2.75) is 39.5 Å². The number of aromatic nitrogens is 1. The normalized spacial score (nSPS) is 11.8. The molecule has 1 aromatic carbocycles. The molecule has 3 heteroatoms. The molecule has 18 heavy (non-hydrogen) atoms. The molecule has 2 rings (SSSR count). The molecule has 1 aromatic heterocycles. The van der Waals surface area contributed by atoms with E-state index in [1.165, 1.54) is 5.56 Å². The Bertz CT molecular complexity index is 552. The first kappa shape index (κ1) is 13.1. The summed E-state index contributed by atoms with van der Waals surface area (Å²) in [4.78, 5) is 4.68. The molecule has 1 heterocycles. The summed E-state index contributed by atoms with van der Waals surface area (Å²) in [7, 11) is 0. The zero-order valence-electron chi connectivity index (χ0n) is 11.3. The molecule has 2 aromatic rings. The number of thiazole rings is 1. The molecule has 0 fully saturated rings. The quantitative estimate of drug-likeness (QED) is 0.885. The summed E-state index contributed by atoms with van der Waals surface area (Å²) in [6, 6.07) is 5.73. The molecule has 0 saturated carbocycles. The van der Waals surface area contributed by atoms with Gasteiger partial charge in [-0.3, -0.25) is 0 Å². The number of nitrogens with zero attached hydrogens (tertiary/aromatic N) is 1. The molecule has 0 aliphatic heterocycles. The van der Waals surface area contributed by atoms with E-state index in [2.05, 4.69) is 31.1 Å². The van der Waals surface area contributed by atoms with Crippen LogP contribution < -0.4 is 0 Å². The second-order valence-corrected chi connectivity index (χ2v) is 6.62. The van der Waals surface area contributed by atoms with E-state index in [9.17, 15) is 5.11 Å². The molecule has 96 valence electrons. The number of hydrogen-bond acceptors (Lipinski definition) is 3. The van der Waals surface area contributed by atoms with Crippen molar-refractivity contribution in [2.75, 3.05) is 0 Å². The van der Waals surface area contributed by atoms with Crippen LogP contribution in [0.25, 0.3) is 0 Å². The molecular weight excluding hydrogens is 242 g/mol. The number of aromatic hydroxyl groups is 1. The van der Waals surface area contributed by atoms with E-state index in [4.69, 9.17) is 0 Å². The topological polar surface area (TPSA) is 33.1 Å².